The van der Waals surface area contributed by atoms with E-state index in [9.17, 15) is 0 Å². The van der Waals surface area contributed by atoms with Crippen LogP contribution in [0.2, 0.25) is 0 Å². The van der Waals surface area contributed by atoms with Crippen LogP contribution in [-0.2, 0) is 0 Å². The monoisotopic (exact) mass is 233 g/mol. The Labute approximate surface area is 107 Å². The summed E-state index contributed by atoms with van der Waals surface area (Å²) in [6.07, 6.45) is 1.85. The van der Waals surface area contributed by atoms with Crippen molar-refractivity contribution in [2.45, 2.75) is 13.8 Å². The minimum Gasteiger partial charge on any atom is -0.256 e. The molecule has 0 amide bonds. The van der Waals surface area contributed by atoms with Gasteiger partial charge in [0.1, 0.15) is 0 Å². The summed E-state index contributed by atoms with van der Waals surface area (Å²) in [6.45, 7) is 4.36. The quantitative estimate of drug-likeness (QED) is 0.602. The van der Waals surface area contributed by atoms with Crippen molar-refractivity contribution in [1.29, 1.82) is 0 Å². The maximum atomic E-state index is 4.46. The Morgan fingerprint density at radius 2 is 1.61 bits per heavy atom. The zero-order valence-corrected chi connectivity index (χ0v) is 10.6. The summed E-state index contributed by atoms with van der Waals surface area (Å²) in [6, 6.07) is 16.8. The third-order valence-electron chi connectivity index (χ3n) is 3.57. The number of pyridine rings is 1. The largest absolute Gasteiger partial charge is 0.256 e. The molecule has 0 aliphatic carbocycles. The number of hydrogen-bond donors (Lipinski definition) is 0. The van der Waals surface area contributed by atoms with Gasteiger partial charge in [-0.15, -0.1) is 0 Å². The van der Waals surface area contributed by atoms with Crippen molar-refractivity contribution in [2.75, 3.05) is 0 Å². The maximum Gasteiger partial charge on any atom is 0.0704 e. The van der Waals surface area contributed by atoms with Crippen molar-refractivity contribution in [3.63, 3.8) is 0 Å². The molecule has 0 saturated heterocycles. The van der Waals surface area contributed by atoms with Gasteiger partial charge in [-0.25, -0.2) is 0 Å². The Morgan fingerprint density at radius 1 is 0.833 bits per heavy atom. The first kappa shape index (κ1) is 11.0. The Balaban J connectivity index is 2.34. The SMILES string of the molecule is Cc1c(-c2ccccn2)cc2ccccc2c1C. The second kappa shape index (κ2) is 4.26. The highest BCUT2D eigenvalue weighted by atomic mass is 14.7. The molecule has 1 heteroatoms. The zero-order valence-electron chi connectivity index (χ0n) is 10.6. The van der Waals surface area contributed by atoms with E-state index in [4.69, 9.17) is 0 Å². The highest BCUT2D eigenvalue weighted by molar-refractivity contribution is 5.91. The Morgan fingerprint density at radius 3 is 2.39 bits per heavy atom. The van der Waals surface area contributed by atoms with Gasteiger partial charge in [0, 0.05) is 11.8 Å². The van der Waals surface area contributed by atoms with E-state index >= 15 is 0 Å². The third kappa shape index (κ3) is 1.68. The normalized spacial score (nSPS) is 10.8. The van der Waals surface area contributed by atoms with Crippen LogP contribution in [0.5, 0.6) is 0 Å². The standard InChI is InChI=1S/C17H15N/c1-12-13(2)16(17-9-5-6-10-18-17)11-14-7-3-4-8-15(12)14/h3-11H,1-2H3. The molecule has 1 heterocycles. The smallest absolute Gasteiger partial charge is 0.0704 e. The molecule has 0 fully saturated rings. The maximum absolute atomic E-state index is 4.46. The molecule has 0 atom stereocenters. The molecule has 18 heavy (non-hydrogen) atoms. The van der Waals surface area contributed by atoms with Crippen molar-refractivity contribution in [2.24, 2.45) is 0 Å². The molecule has 3 aromatic rings. The minimum absolute atomic E-state index is 1.05. The van der Waals surface area contributed by atoms with Crippen molar-refractivity contribution in [3.05, 3.63) is 65.9 Å². The van der Waals surface area contributed by atoms with Crippen LogP contribution in [-0.4, -0.2) is 4.98 Å². The van der Waals surface area contributed by atoms with E-state index in [2.05, 4.69) is 55.2 Å². The van der Waals surface area contributed by atoms with E-state index < -0.39 is 0 Å². The summed E-state index contributed by atoms with van der Waals surface area (Å²) in [4.78, 5) is 4.46. The van der Waals surface area contributed by atoms with Crippen LogP contribution in [0.3, 0.4) is 0 Å². The van der Waals surface area contributed by atoms with E-state index in [1.807, 2.05) is 18.3 Å². The first-order chi connectivity index (χ1) is 8.77. The molecule has 0 bridgehead atoms. The number of fused-ring (bicyclic) bond motifs is 1. The van der Waals surface area contributed by atoms with Gasteiger partial charge < -0.3 is 0 Å². The lowest BCUT2D eigenvalue weighted by molar-refractivity contribution is 1.29. The summed E-state index contributed by atoms with van der Waals surface area (Å²) >= 11 is 0. The number of aryl methyl sites for hydroxylation is 1. The van der Waals surface area contributed by atoms with Gasteiger partial charge in [-0.05, 0) is 53.9 Å². The molecule has 1 aromatic heterocycles. The van der Waals surface area contributed by atoms with E-state index in [1.54, 1.807) is 0 Å². The van der Waals surface area contributed by atoms with Gasteiger partial charge in [0.05, 0.1) is 5.69 Å². The Bertz CT molecular complexity index is 699. The van der Waals surface area contributed by atoms with Crippen LogP contribution < -0.4 is 0 Å². The van der Waals surface area contributed by atoms with Crippen LogP contribution in [0, 0.1) is 13.8 Å². The summed E-state index contributed by atoms with van der Waals surface area (Å²) < 4.78 is 0. The molecular weight excluding hydrogens is 218 g/mol. The fourth-order valence-corrected chi connectivity index (χ4v) is 2.42. The molecule has 0 aliphatic heterocycles. The topological polar surface area (TPSA) is 12.9 Å². The van der Waals surface area contributed by atoms with Gasteiger partial charge in [0.25, 0.3) is 0 Å². The Hall–Kier alpha value is -2.15. The van der Waals surface area contributed by atoms with Gasteiger partial charge >= 0.3 is 0 Å². The van der Waals surface area contributed by atoms with Crippen LogP contribution >= 0.6 is 0 Å². The molecule has 88 valence electrons. The number of rotatable bonds is 1. The molecule has 1 nitrogen and oxygen atoms in total. The van der Waals surface area contributed by atoms with E-state index in [-0.39, 0.29) is 0 Å². The molecule has 0 unspecified atom stereocenters. The molecule has 3 rings (SSSR count). The van der Waals surface area contributed by atoms with E-state index in [1.165, 1.54) is 27.5 Å². The predicted molar refractivity (Wildman–Crippen MR) is 76.7 cm³/mol. The lowest BCUT2D eigenvalue weighted by atomic mass is 9.94. The average Bonchev–Trinajstić information content (AvgIpc) is 2.44. The van der Waals surface area contributed by atoms with Gasteiger partial charge in [-0.3, -0.25) is 4.98 Å². The van der Waals surface area contributed by atoms with Crippen LogP contribution in [0.15, 0.2) is 54.7 Å². The molecule has 0 saturated carbocycles. The van der Waals surface area contributed by atoms with Gasteiger partial charge in [-0.2, -0.15) is 0 Å². The molecule has 0 radical (unpaired) electrons. The fraction of sp³-hybridized carbons (Fsp3) is 0.118. The third-order valence-corrected chi connectivity index (χ3v) is 3.57. The van der Waals surface area contributed by atoms with Crippen LogP contribution in [0.25, 0.3) is 22.0 Å². The number of benzene rings is 2. The summed E-state index contributed by atoms with van der Waals surface area (Å²) in [7, 11) is 0. The Kier molecular flexibility index (Phi) is 2.60. The minimum atomic E-state index is 1.05. The number of hydrogen-bond acceptors (Lipinski definition) is 1. The molecular formula is C17H15N. The van der Waals surface area contributed by atoms with Crippen molar-refractivity contribution in [3.8, 4) is 11.3 Å². The second-order valence-electron chi connectivity index (χ2n) is 4.61. The van der Waals surface area contributed by atoms with Crippen molar-refractivity contribution >= 4 is 10.8 Å². The molecule has 2 aromatic carbocycles. The summed E-state index contributed by atoms with van der Waals surface area (Å²) in [5, 5.41) is 2.61. The fourth-order valence-electron chi connectivity index (χ4n) is 2.42. The highest BCUT2D eigenvalue weighted by Crippen LogP contribution is 2.30. The number of aromatic nitrogens is 1. The van der Waals surface area contributed by atoms with Crippen molar-refractivity contribution in [1.82, 2.24) is 4.98 Å². The lowest BCUT2D eigenvalue weighted by Crippen LogP contribution is -1.91. The van der Waals surface area contributed by atoms with Gasteiger partial charge in [0.2, 0.25) is 0 Å². The number of nitrogens with zero attached hydrogens (tertiary/aromatic N) is 1. The second-order valence-corrected chi connectivity index (χ2v) is 4.61. The predicted octanol–water partition coefficient (Wildman–Crippen LogP) is 4.52. The van der Waals surface area contributed by atoms with Gasteiger partial charge in [-0.1, -0.05) is 30.3 Å². The molecule has 0 spiro atoms. The zero-order chi connectivity index (χ0) is 12.5. The first-order valence-corrected chi connectivity index (χ1v) is 6.18. The lowest BCUT2D eigenvalue weighted by Gasteiger charge is -2.12. The molecule has 0 aliphatic rings. The summed E-state index contributed by atoms with van der Waals surface area (Å²) in [5.74, 6) is 0. The van der Waals surface area contributed by atoms with Crippen LogP contribution in [0.4, 0.5) is 0 Å². The molecule has 0 N–H and O–H groups in total. The summed E-state index contributed by atoms with van der Waals surface area (Å²) in [5.41, 5.74) is 4.93. The van der Waals surface area contributed by atoms with Gasteiger partial charge in [0.15, 0.2) is 0 Å². The average molecular weight is 233 g/mol. The van der Waals surface area contributed by atoms with E-state index in [0.717, 1.165) is 5.69 Å². The van der Waals surface area contributed by atoms with Crippen molar-refractivity contribution < 1.29 is 0 Å². The first-order valence-electron chi connectivity index (χ1n) is 6.18. The van der Waals surface area contributed by atoms with Crippen LogP contribution in [0.1, 0.15) is 11.1 Å². The highest BCUT2D eigenvalue weighted by Gasteiger charge is 2.08. The van der Waals surface area contributed by atoms with E-state index in [0.29, 0.717) is 0 Å².